The molecular formula is C34H44N6O10. The number of carboxylic acids is 1. The Hall–Kier alpha value is -5.15. The molecule has 0 spiro atoms. The zero-order valence-corrected chi connectivity index (χ0v) is 28.4. The van der Waals surface area contributed by atoms with Gasteiger partial charge in [-0.05, 0) is 57.6 Å². The van der Waals surface area contributed by atoms with Crippen LogP contribution in [0.15, 0.2) is 24.3 Å². The molecule has 0 radical (unpaired) electrons. The highest BCUT2D eigenvalue weighted by atomic mass is 16.6. The van der Waals surface area contributed by atoms with Gasteiger partial charge in [0, 0.05) is 62.7 Å². The second-order valence-electron chi connectivity index (χ2n) is 12.5. The highest BCUT2D eigenvalue weighted by Crippen LogP contribution is 2.29. The maximum atomic E-state index is 13.7. The van der Waals surface area contributed by atoms with Crippen LogP contribution >= 0.6 is 0 Å². The summed E-state index contributed by atoms with van der Waals surface area (Å²) in [5, 5.41) is 15.5. The second-order valence-corrected chi connectivity index (χ2v) is 12.5. The predicted molar refractivity (Wildman–Crippen MR) is 178 cm³/mol. The van der Waals surface area contributed by atoms with Gasteiger partial charge in [0.25, 0.3) is 11.8 Å². The summed E-state index contributed by atoms with van der Waals surface area (Å²) in [6.07, 6.45) is 3.17. The lowest BCUT2D eigenvalue weighted by Crippen LogP contribution is -2.56. The van der Waals surface area contributed by atoms with Crippen LogP contribution in [0.1, 0.15) is 62.4 Å². The maximum absolute atomic E-state index is 13.7. The van der Waals surface area contributed by atoms with E-state index in [4.69, 9.17) is 14.2 Å². The number of carbonyl (C=O) groups excluding carboxylic acids is 5. The number of methoxy groups -OCH3 is 1. The number of hydrogen-bond acceptors (Lipinski definition) is 10. The van der Waals surface area contributed by atoms with Crippen LogP contribution in [-0.4, -0.2) is 132 Å². The van der Waals surface area contributed by atoms with E-state index in [2.05, 4.69) is 15.6 Å². The van der Waals surface area contributed by atoms with E-state index in [1.807, 2.05) is 0 Å². The SMILES string of the molecule is CCOC(=O)N1CCN(C(=O)C(CCC(=O)O)NC(=O)c2cc(OCC(=O)N3CCCC3C(=O)NC3CCC3)c3ccc(OC)cc3n2)CC1. The van der Waals surface area contributed by atoms with E-state index in [1.54, 1.807) is 25.1 Å². The molecule has 2 aliphatic heterocycles. The molecule has 0 bridgehead atoms. The Kier molecular flexibility index (Phi) is 11.9. The van der Waals surface area contributed by atoms with Gasteiger partial charge in [0.15, 0.2) is 6.61 Å². The topological polar surface area (TPSA) is 197 Å². The molecule has 16 heteroatoms. The predicted octanol–water partition coefficient (Wildman–Crippen LogP) is 1.55. The van der Waals surface area contributed by atoms with Gasteiger partial charge in [0.1, 0.15) is 29.3 Å². The van der Waals surface area contributed by atoms with Crippen LogP contribution in [0.5, 0.6) is 11.5 Å². The summed E-state index contributed by atoms with van der Waals surface area (Å²) in [4.78, 5) is 85.9. The third-order valence-electron chi connectivity index (χ3n) is 9.26. The Labute approximate surface area is 289 Å². The monoisotopic (exact) mass is 696 g/mol. The van der Waals surface area contributed by atoms with Crippen LogP contribution in [0.25, 0.3) is 10.9 Å². The van der Waals surface area contributed by atoms with Gasteiger partial charge in [-0.1, -0.05) is 0 Å². The lowest BCUT2D eigenvalue weighted by atomic mass is 9.93. The lowest BCUT2D eigenvalue weighted by Gasteiger charge is -2.35. The number of carboxylic acid groups (broad SMARTS) is 1. The zero-order chi connectivity index (χ0) is 35.8. The van der Waals surface area contributed by atoms with E-state index in [1.165, 1.54) is 27.9 Å². The fourth-order valence-corrected chi connectivity index (χ4v) is 6.25. The molecule has 2 unspecified atom stereocenters. The second kappa shape index (κ2) is 16.5. The van der Waals surface area contributed by atoms with Crippen LogP contribution in [0.2, 0.25) is 0 Å². The van der Waals surface area contributed by atoms with Crippen molar-refractivity contribution in [3.05, 3.63) is 30.0 Å². The van der Waals surface area contributed by atoms with Crippen molar-refractivity contribution in [2.45, 2.75) is 70.0 Å². The van der Waals surface area contributed by atoms with Gasteiger partial charge in [-0.3, -0.25) is 24.0 Å². The Bertz CT molecular complexity index is 1610. The molecule has 1 aliphatic carbocycles. The van der Waals surface area contributed by atoms with Crippen LogP contribution in [-0.2, 0) is 23.9 Å². The Balaban J connectivity index is 1.31. The molecular weight excluding hydrogens is 652 g/mol. The number of amides is 5. The molecule has 270 valence electrons. The number of piperazine rings is 1. The summed E-state index contributed by atoms with van der Waals surface area (Å²) in [5.74, 6) is -2.29. The van der Waals surface area contributed by atoms with E-state index in [-0.39, 0.29) is 74.9 Å². The smallest absolute Gasteiger partial charge is 0.409 e. The summed E-state index contributed by atoms with van der Waals surface area (Å²) in [7, 11) is 1.48. The first-order chi connectivity index (χ1) is 24.1. The summed E-state index contributed by atoms with van der Waals surface area (Å²) in [5.41, 5.74) is 0.189. The standard InChI is InChI=1S/C34H44N6O10/c1-3-49-34(47)39-16-14-38(15-17-39)33(46)24(11-12-30(42)43)37-31(44)26-19-28(23-10-9-22(48-2)18-25(23)36-26)50-20-29(41)40-13-5-8-27(40)32(45)35-21-6-4-7-21/h9-10,18-19,21,24,27H,3-8,11-17,20H2,1-2H3,(H,35,45)(H,37,44)(H,42,43). The van der Waals surface area contributed by atoms with Gasteiger partial charge in [0.05, 0.1) is 19.2 Å². The van der Waals surface area contributed by atoms with Gasteiger partial charge in [-0.2, -0.15) is 0 Å². The first-order valence-electron chi connectivity index (χ1n) is 17.0. The number of nitrogens with zero attached hydrogens (tertiary/aromatic N) is 4. The molecule has 1 aromatic carbocycles. The zero-order valence-electron chi connectivity index (χ0n) is 28.4. The number of likely N-dealkylation sites (tertiary alicyclic amines) is 1. The summed E-state index contributed by atoms with van der Waals surface area (Å²) in [6, 6.07) is 4.71. The summed E-state index contributed by atoms with van der Waals surface area (Å²) < 4.78 is 16.4. The Morgan fingerprint density at radius 1 is 0.980 bits per heavy atom. The molecule has 5 rings (SSSR count). The van der Waals surface area contributed by atoms with Crippen molar-refractivity contribution in [2.75, 3.05) is 53.0 Å². The quantitative estimate of drug-likeness (QED) is 0.275. The molecule has 3 fully saturated rings. The number of ether oxygens (including phenoxy) is 3. The number of nitrogens with one attached hydrogen (secondary N) is 2. The van der Waals surface area contributed by atoms with Crippen molar-refractivity contribution >= 4 is 46.6 Å². The Morgan fingerprint density at radius 3 is 2.38 bits per heavy atom. The van der Waals surface area contributed by atoms with Crippen molar-refractivity contribution in [1.82, 2.24) is 30.3 Å². The van der Waals surface area contributed by atoms with E-state index in [9.17, 15) is 33.9 Å². The van der Waals surface area contributed by atoms with Crippen molar-refractivity contribution in [3.63, 3.8) is 0 Å². The van der Waals surface area contributed by atoms with Crippen LogP contribution in [0.4, 0.5) is 4.79 Å². The minimum Gasteiger partial charge on any atom is -0.497 e. The third kappa shape index (κ3) is 8.71. The van der Waals surface area contributed by atoms with Gasteiger partial charge in [0.2, 0.25) is 11.8 Å². The first-order valence-corrected chi connectivity index (χ1v) is 17.0. The van der Waals surface area contributed by atoms with E-state index in [0.717, 1.165) is 19.3 Å². The van der Waals surface area contributed by atoms with E-state index < -0.39 is 42.6 Å². The number of benzene rings is 1. The minimum absolute atomic E-state index is 0.132. The molecule has 2 saturated heterocycles. The van der Waals surface area contributed by atoms with Gasteiger partial charge in [-0.15, -0.1) is 0 Å². The number of rotatable bonds is 13. The highest BCUT2D eigenvalue weighted by Gasteiger charge is 2.36. The molecule has 3 aliphatic rings. The normalized spacial score (nSPS) is 18.2. The number of aromatic nitrogens is 1. The van der Waals surface area contributed by atoms with Gasteiger partial charge < -0.3 is 44.7 Å². The average molecular weight is 697 g/mol. The average Bonchev–Trinajstić information content (AvgIpc) is 3.60. The van der Waals surface area contributed by atoms with E-state index in [0.29, 0.717) is 36.0 Å². The largest absolute Gasteiger partial charge is 0.497 e. The van der Waals surface area contributed by atoms with Crippen molar-refractivity contribution < 1.29 is 48.1 Å². The van der Waals surface area contributed by atoms with Crippen molar-refractivity contribution in [3.8, 4) is 11.5 Å². The number of fused-ring (bicyclic) bond motifs is 1. The van der Waals surface area contributed by atoms with Crippen LogP contribution in [0, 0.1) is 0 Å². The summed E-state index contributed by atoms with van der Waals surface area (Å²) in [6.45, 7) is 2.76. The molecule has 16 nitrogen and oxygen atoms in total. The number of carbonyl (C=O) groups is 6. The molecule has 3 heterocycles. The molecule has 3 N–H and O–H groups in total. The van der Waals surface area contributed by atoms with Crippen LogP contribution < -0.4 is 20.1 Å². The van der Waals surface area contributed by atoms with Crippen LogP contribution in [0.3, 0.4) is 0 Å². The third-order valence-corrected chi connectivity index (χ3v) is 9.26. The molecule has 5 amide bonds. The van der Waals surface area contributed by atoms with E-state index >= 15 is 0 Å². The minimum atomic E-state index is -1.19. The molecule has 1 aromatic heterocycles. The molecule has 2 atom stereocenters. The molecule has 50 heavy (non-hydrogen) atoms. The van der Waals surface area contributed by atoms with Gasteiger partial charge in [-0.25, -0.2) is 9.78 Å². The highest BCUT2D eigenvalue weighted by molar-refractivity contribution is 6.00. The number of aliphatic carboxylic acids is 1. The molecule has 1 saturated carbocycles. The molecule has 2 aromatic rings. The summed E-state index contributed by atoms with van der Waals surface area (Å²) >= 11 is 0. The Morgan fingerprint density at radius 2 is 1.72 bits per heavy atom. The number of pyridine rings is 1. The lowest BCUT2D eigenvalue weighted by molar-refractivity contribution is -0.140. The fourth-order valence-electron chi connectivity index (χ4n) is 6.25. The number of hydrogen-bond donors (Lipinski definition) is 3. The fraction of sp³-hybridized carbons (Fsp3) is 0.559. The van der Waals surface area contributed by atoms with Crippen molar-refractivity contribution in [2.24, 2.45) is 0 Å². The first kappa shape index (κ1) is 36.1. The van der Waals surface area contributed by atoms with Gasteiger partial charge >= 0.3 is 12.1 Å². The maximum Gasteiger partial charge on any atom is 0.409 e. The van der Waals surface area contributed by atoms with Crippen molar-refractivity contribution in [1.29, 1.82) is 0 Å².